The van der Waals surface area contributed by atoms with E-state index < -0.39 is 0 Å². The first-order valence-corrected chi connectivity index (χ1v) is 7.80. The van der Waals surface area contributed by atoms with Crippen molar-refractivity contribution in [2.45, 2.75) is 32.2 Å². The molecule has 0 spiro atoms. The Labute approximate surface area is 131 Å². The third kappa shape index (κ3) is 4.83. The first kappa shape index (κ1) is 16.0. The van der Waals surface area contributed by atoms with Gasteiger partial charge in [-0.25, -0.2) is 4.39 Å². The molecule has 0 aliphatic rings. The van der Waals surface area contributed by atoms with Crippen molar-refractivity contribution in [3.8, 4) is 0 Å². The molecule has 1 atom stereocenters. The first-order valence-electron chi connectivity index (χ1n) is 7.43. The van der Waals surface area contributed by atoms with E-state index in [1.165, 1.54) is 17.7 Å². The number of aryl methyl sites for hydroxylation is 1. The lowest BCUT2D eigenvalue weighted by atomic mass is 9.99. The van der Waals surface area contributed by atoms with Gasteiger partial charge in [0.05, 0.1) is 0 Å². The zero-order valence-corrected chi connectivity index (χ0v) is 13.0. The summed E-state index contributed by atoms with van der Waals surface area (Å²) in [5.74, 6) is -0.279. The second kappa shape index (κ2) is 8.16. The van der Waals surface area contributed by atoms with Crippen LogP contribution in [0.2, 0.25) is 5.02 Å². The minimum atomic E-state index is -0.279. The normalized spacial score (nSPS) is 12.3. The van der Waals surface area contributed by atoms with Crippen molar-refractivity contribution in [3.63, 3.8) is 0 Å². The Morgan fingerprint density at radius 3 is 2.57 bits per heavy atom. The van der Waals surface area contributed by atoms with E-state index in [4.69, 9.17) is 11.6 Å². The molecular weight excluding hydrogens is 285 g/mol. The fourth-order valence-electron chi connectivity index (χ4n) is 2.54. The zero-order chi connectivity index (χ0) is 15.1. The maximum Gasteiger partial charge on any atom is 0.124 e. The lowest BCUT2D eigenvalue weighted by Crippen LogP contribution is -2.20. The lowest BCUT2D eigenvalue weighted by molar-refractivity contribution is 0.498. The maximum absolute atomic E-state index is 13.0. The van der Waals surface area contributed by atoms with Gasteiger partial charge in [0, 0.05) is 11.1 Å². The fraction of sp³-hybridized carbons (Fsp3) is 0.333. The molecule has 0 aliphatic heterocycles. The molecule has 21 heavy (non-hydrogen) atoms. The fourth-order valence-corrected chi connectivity index (χ4v) is 2.80. The van der Waals surface area contributed by atoms with Crippen molar-refractivity contribution < 1.29 is 4.39 Å². The van der Waals surface area contributed by atoms with Crippen LogP contribution in [0.15, 0.2) is 48.5 Å². The molecule has 1 nitrogen and oxygen atoms in total. The molecule has 0 fully saturated rings. The second-order valence-corrected chi connectivity index (χ2v) is 5.56. The Morgan fingerprint density at radius 2 is 1.90 bits per heavy atom. The number of rotatable bonds is 7. The van der Waals surface area contributed by atoms with Crippen molar-refractivity contribution in [3.05, 3.63) is 70.5 Å². The van der Waals surface area contributed by atoms with E-state index in [-0.39, 0.29) is 5.82 Å². The van der Waals surface area contributed by atoms with Gasteiger partial charge in [0.25, 0.3) is 0 Å². The van der Waals surface area contributed by atoms with Crippen molar-refractivity contribution in [1.29, 1.82) is 0 Å². The molecule has 0 saturated carbocycles. The highest BCUT2D eigenvalue weighted by Crippen LogP contribution is 2.23. The Bertz CT molecular complexity index is 556. The van der Waals surface area contributed by atoms with E-state index >= 15 is 0 Å². The summed E-state index contributed by atoms with van der Waals surface area (Å²) in [6.07, 6.45) is 2.91. The van der Waals surface area contributed by atoms with Crippen LogP contribution in [0.25, 0.3) is 0 Å². The molecule has 0 bridgehead atoms. The number of hydrogen-bond acceptors (Lipinski definition) is 1. The van der Waals surface area contributed by atoms with Crippen molar-refractivity contribution in [2.24, 2.45) is 0 Å². The minimum Gasteiger partial charge on any atom is -0.310 e. The predicted octanol–water partition coefficient (Wildman–Crippen LogP) is 5.15. The topological polar surface area (TPSA) is 12.0 Å². The first-order chi connectivity index (χ1) is 10.2. The van der Waals surface area contributed by atoms with Crippen molar-refractivity contribution in [2.75, 3.05) is 6.54 Å². The van der Waals surface area contributed by atoms with Gasteiger partial charge in [0.15, 0.2) is 0 Å². The van der Waals surface area contributed by atoms with Gasteiger partial charge in [-0.05, 0) is 49.1 Å². The third-order valence-electron chi connectivity index (χ3n) is 3.61. The lowest BCUT2D eigenvalue weighted by Gasteiger charge is -2.18. The van der Waals surface area contributed by atoms with Crippen LogP contribution in [0.3, 0.4) is 0 Å². The van der Waals surface area contributed by atoms with E-state index in [0.29, 0.717) is 11.1 Å². The van der Waals surface area contributed by atoms with Crippen LogP contribution in [-0.4, -0.2) is 6.54 Å². The van der Waals surface area contributed by atoms with E-state index in [9.17, 15) is 4.39 Å². The highest BCUT2D eigenvalue weighted by molar-refractivity contribution is 6.31. The maximum atomic E-state index is 13.0. The number of benzene rings is 2. The van der Waals surface area contributed by atoms with Gasteiger partial charge in [-0.15, -0.1) is 0 Å². The Kier molecular flexibility index (Phi) is 6.21. The Balaban J connectivity index is 1.93. The smallest absolute Gasteiger partial charge is 0.124 e. The molecule has 1 N–H and O–H groups in total. The molecule has 112 valence electrons. The standard InChI is InChI=1S/C18H21ClFN/c1-2-21-18(15-7-4-3-5-8-15)10-6-9-14-11-12-16(20)13-17(14)19/h3-5,7-8,11-13,18,21H,2,6,9-10H2,1H3. The Morgan fingerprint density at radius 1 is 1.14 bits per heavy atom. The zero-order valence-electron chi connectivity index (χ0n) is 12.3. The summed E-state index contributed by atoms with van der Waals surface area (Å²) in [5, 5.41) is 4.04. The van der Waals surface area contributed by atoms with Crippen LogP contribution >= 0.6 is 11.6 Å². The molecular formula is C18H21ClFN. The largest absolute Gasteiger partial charge is 0.310 e. The average Bonchev–Trinajstić information content (AvgIpc) is 2.49. The monoisotopic (exact) mass is 305 g/mol. The molecule has 0 aromatic heterocycles. The van der Waals surface area contributed by atoms with Crippen LogP contribution in [0.1, 0.15) is 36.9 Å². The predicted molar refractivity (Wildman–Crippen MR) is 87.2 cm³/mol. The summed E-state index contributed by atoms with van der Waals surface area (Å²) in [6.45, 7) is 3.06. The van der Waals surface area contributed by atoms with E-state index in [2.05, 4.69) is 36.5 Å². The molecule has 2 aromatic carbocycles. The number of hydrogen-bond donors (Lipinski definition) is 1. The highest BCUT2D eigenvalue weighted by Gasteiger charge is 2.10. The summed E-state index contributed by atoms with van der Waals surface area (Å²) in [7, 11) is 0. The van der Waals surface area contributed by atoms with Crippen LogP contribution in [0.4, 0.5) is 4.39 Å². The van der Waals surface area contributed by atoms with E-state index in [1.807, 2.05) is 6.07 Å². The molecule has 2 rings (SSSR count). The SMILES string of the molecule is CCNC(CCCc1ccc(F)cc1Cl)c1ccccc1. The van der Waals surface area contributed by atoms with Gasteiger partial charge in [-0.2, -0.15) is 0 Å². The van der Waals surface area contributed by atoms with Crippen LogP contribution in [0, 0.1) is 5.82 Å². The molecule has 0 amide bonds. The molecule has 0 heterocycles. The highest BCUT2D eigenvalue weighted by atomic mass is 35.5. The second-order valence-electron chi connectivity index (χ2n) is 5.15. The summed E-state index contributed by atoms with van der Waals surface area (Å²) in [6, 6.07) is 15.5. The van der Waals surface area contributed by atoms with E-state index in [0.717, 1.165) is 31.4 Å². The molecule has 0 saturated heterocycles. The van der Waals surface area contributed by atoms with Gasteiger partial charge >= 0.3 is 0 Å². The minimum absolute atomic E-state index is 0.279. The van der Waals surface area contributed by atoms with Crippen molar-refractivity contribution in [1.82, 2.24) is 5.32 Å². The van der Waals surface area contributed by atoms with E-state index in [1.54, 1.807) is 6.07 Å². The van der Waals surface area contributed by atoms with Gasteiger partial charge in [0.2, 0.25) is 0 Å². The van der Waals surface area contributed by atoms with Gasteiger partial charge in [-0.1, -0.05) is 54.9 Å². The average molecular weight is 306 g/mol. The third-order valence-corrected chi connectivity index (χ3v) is 3.96. The van der Waals surface area contributed by atoms with Gasteiger partial charge in [0.1, 0.15) is 5.82 Å². The summed E-state index contributed by atoms with van der Waals surface area (Å²) < 4.78 is 13.0. The quantitative estimate of drug-likeness (QED) is 0.745. The van der Waals surface area contributed by atoms with Crippen LogP contribution in [-0.2, 0) is 6.42 Å². The number of nitrogens with one attached hydrogen (secondary N) is 1. The summed E-state index contributed by atoms with van der Waals surface area (Å²) in [4.78, 5) is 0. The van der Waals surface area contributed by atoms with Gasteiger partial charge in [-0.3, -0.25) is 0 Å². The van der Waals surface area contributed by atoms with Crippen LogP contribution in [0.5, 0.6) is 0 Å². The van der Waals surface area contributed by atoms with Gasteiger partial charge < -0.3 is 5.32 Å². The summed E-state index contributed by atoms with van der Waals surface area (Å²) >= 11 is 6.07. The molecule has 0 radical (unpaired) electrons. The summed E-state index contributed by atoms with van der Waals surface area (Å²) in [5.41, 5.74) is 2.32. The van der Waals surface area contributed by atoms with Crippen LogP contribution < -0.4 is 5.32 Å². The molecule has 0 aliphatic carbocycles. The van der Waals surface area contributed by atoms with Crippen molar-refractivity contribution >= 4 is 11.6 Å². The molecule has 3 heteroatoms. The Hall–Kier alpha value is -1.38. The number of halogens is 2. The molecule has 1 unspecified atom stereocenters. The molecule has 2 aromatic rings.